The minimum Gasteiger partial charge on any atom is -0.444 e. The zero-order valence-corrected chi connectivity index (χ0v) is 8.67. The van der Waals surface area contributed by atoms with Crippen LogP contribution < -0.4 is 5.32 Å². The Hall–Kier alpha value is -1.32. The van der Waals surface area contributed by atoms with E-state index < -0.39 is 0 Å². The third kappa shape index (κ3) is 3.60. The van der Waals surface area contributed by atoms with E-state index in [0.29, 0.717) is 18.9 Å². The van der Waals surface area contributed by atoms with Crippen LogP contribution in [0.4, 0.5) is 0 Å². The highest BCUT2D eigenvalue weighted by Gasteiger charge is 2.03. The molecule has 0 fully saturated rings. The van der Waals surface area contributed by atoms with Gasteiger partial charge in [-0.05, 0) is 13.3 Å². The molecule has 0 aliphatic carbocycles. The van der Waals surface area contributed by atoms with E-state index in [1.807, 2.05) is 6.92 Å². The summed E-state index contributed by atoms with van der Waals surface area (Å²) in [5.41, 5.74) is 0. The summed E-state index contributed by atoms with van der Waals surface area (Å²) in [5.74, 6) is 1.39. The summed E-state index contributed by atoms with van der Waals surface area (Å²) in [6.07, 6.45) is 4.19. The monoisotopic (exact) mass is 196 g/mol. The first-order valence-electron chi connectivity index (χ1n) is 4.90. The molecule has 1 N–H and O–H groups in total. The van der Waals surface area contributed by atoms with Crippen LogP contribution in [0.1, 0.15) is 37.8 Å². The minimum absolute atomic E-state index is 0.0581. The number of aryl methyl sites for hydroxylation is 1. The lowest BCUT2D eigenvalue weighted by Crippen LogP contribution is -2.22. The van der Waals surface area contributed by atoms with Crippen molar-refractivity contribution in [3.63, 3.8) is 0 Å². The van der Waals surface area contributed by atoms with Crippen molar-refractivity contribution in [1.29, 1.82) is 0 Å². The molecule has 14 heavy (non-hydrogen) atoms. The van der Waals surface area contributed by atoms with Gasteiger partial charge in [-0.1, -0.05) is 13.3 Å². The van der Waals surface area contributed by atoms with Crippen LogP contribution >= 0.6 is 0 Å². The molecule has 0 saturated carbocycles. The number of hydrogen-bond acceptors (Lipinski definition) is 3. The van der Waals surface area contributed by atoms with Gasteiger partial charge in [0.25, 0.3) is 0 Å². The molecule has 1 aromatic heterocycles. The summed E-state index contributed by atoms with van der Waals surface area (Å²) in [6, 6.07) is 0. The highest BCUT2D eigenvalue weighted by Crippen LogP contribution is 2.01. The van der Waals surface area contributed by atoms with Gasteiger partial charge in [-0.25, -0.2) is 4.98 Å². The van der Waals surface area contributed by atoms with Gasteiger partial charge < -0.3 is 9.73 Å². The first-order valence-corrected chi connectivity index (χ1v) is 4.90. The van der Waals surface area contributed by atoms with Crippen LogP contribution in [0.2, 0.25) is 0 Å². The van der Waals surface area contributed by atoms with Crippen LogP contribution in [0.5, 0.6) is 0 Å². The molecule has 0 saturated heterocycles. The van der Waals surface area contributed by atoms with Crippen LogP contribution in [0.15, 0.2) is 10.6 Å². The van der Waals surface area contributed by atoms with Crippen LogP contribution in [0.25, 0.3) is 0 Å². The number of carbonyl (C=O) groups is 1. The van der Waals surface area contributed by atoms with Gasteiger partial charge in [0.05, 0.1) is 12.7 Å². The Balaban J connectivity index is 2.23. The maximum atomic E-state index is 11.2. The second-order valence-corrected chi connectivity index (χ2v) is 3.24. The summed E-state index contributed by atoms with van der Waals surface area (Å²) < 4.78 is 5.21. The molecular weight excluding hydrogens is 180 g/mol. The van der Waals surface area contributed by atoms with E-state index in [1.165, 1.54) is 0 Å². The average Bonchev–Trinajstić information content (AvgIpc) is 2.58. The van der Waals surface area contributed by atoms with Gasteiger partial charge in [0.1, 0.15) is 5.76 Å². The number of nitrogens with one attached hydrogen (secondary N) is 1. The Labute approximate surface area is 83.7 Å². The molecule has 1 rings (SSSR count). The first kappa shape index (κ1) is 10.8. The van der Waals surface area contributed by atoms with Gasteiger partial charge in [-0.15, -0.1) is 0 Å². The maximum Gasteiger partial charge on any atom is 0.220 e. The molecular formula is C10H16N2O2. The van der Waals surface area contributed by atoms with Gasteiger partial charge in [0.15, 0.2) is 0 Å². The van der Waals surface area contributed by atoms with E-state index >= 15 is 0 Å². The van der Waals surface area contributed by atoms with Crippen molar-refractivity contribution in [2.45, 2.75) is 39.7 Å². The zero-order valence-electron chi connectivity index (χ0n) is 8.67. The molecule has 78 valence electrons. The number of carbonyl (C=O) groups excluding carboxylic acids is 1. The number of unbranched alkanes of at least 4 members (excludes halogenated alkanes) is 1. The zero-order chi connectivity index (χ0) is 10.4. The van der Waals surface area contributed by atoms with Gasteiger partial charge in [-0.2, -0.15) is 0 Å². The predicted octanol–water partition coefficient (Wildman–Crippen LogP) is 1.79. The summed E-state index contributed by atoms with van der Waals surface area (Å²) >= 11 is 0. The van der Waals surface area contributed by atoms with Gasteiger partial charge in [-0.3, -0.25) is 4.79 Å². The number of aromatic nitrogens is 1. The van der Waals surface area contributed by atoms with Crippen molar-refractivity contribution in [3.8, 4) is 0 Å². The first-order chi connectivity index (χ1) is 6.72. The topological polar surface area (TPSA) is 55.1 Å². The molecule has 1 heterocycles. The molecule has 0 aliphatic rings. The van der Waals surface area contributed by atoms with E-state index in [1.54, 1.807) is 6.20 Å². The van der Waals surface area contributed by atoms with Crippen LogP contribution in [0.3, 0.4) is 0 Å². The Morgan fingerprint density at radius 3 is 3.00 bits per heavy atom. The van der Waals surface area contributed by atoms with Gasteiger partial charge in [0, 0.05) is 6.42 Å². The van der Waals surface area contributed by atoms with E-state index in [0.717, 1.165) is 18.6 Å². The van der Waals surface area contributed by atoms with Crippen molar-refractivity contribution < 1.29 is 9.21 Å². The molecule has 0 aliphatic heterocycles. The SMILES string of the molecule is CCCCC(=O)NCc1ncc(C)o1. The lowest BCUT2D eigenvalue weighted by Gasteiger charge is -2.00. The Morgan fingerprint density at radius 2 is 2.43 bits per heavy atom. The predicted molar refractivity (Wildman–Crippen MR) is 52.6 cm³/mol. The van der Waals surface area contributed by atoms with Gasteiger partial charge >= 0.3 is 0 Å². The lowest BCUT2D eigenvalue weighted by atomic mass is 10.2. The second-order valence-electron chi connectivity index (χ2n) is 3.24. The molecule has 0 radical (unpaired) electrons. The van der Waals surface area contributed by atoms with Crippen molar-refractivity contribution >= 4 is 5.91 Å². The number of amides is 1. The maximum absolute atomic E-state index is 11.2. The molecule has 4 nitrogen and oxygen atoms in total. The molecule has 0 unspecified atom stereocenters. The van der Waals surface area contributed by atoms with Crippen molar-refractivity contribution in [1.82, 2.24) is 10.3 Å². The summed E-state index contributed by atoms with van der Waals surface area (Å²) in [7, 11) is 0. The third-order valence-electron chi connectivity index (χ3n) is 1.86. The quantitative estimate of drug-likeness (QED) is 0.781. The Morgan fingerprint density at radius 1 is 1.64 bits per heavy atom. The normalized spacial score (nSPS) is 10.1. The molecule has 1 amide bonds. The number of nitrogens with zero attached hydrogens (tertiary/aromatic N) is 1. The molecule has 0 bridgehead atoms. The molecule has 0 atom stereocenters. The van der Waals surface area contributed by atoms with Crippen LogP contribution in [-0.2, 0) is 11.3 Å². The standard InChI is InChI=1S/C10H16N2O2/c1-3-4-5-9(13)11-7-10-12-6-8(2)14-10/h6H,3-5,7H2,1-2H3,(H,11,13). The van der Waals surface area contributed by atoms with E-state index in [-0.39, 0.29) is 5.91 Å². The van der Waals surface area contributed by atoms with E-state index in [9.17, 15) is 4.79 Å². The van der Waals surface area contributed by atoms with Crippen LogP contribution in [-0.4, -0.2) is 10.9 Å². The van der Waals surface area contributed by atoms with Crippen molar-refractivity contribution in [2.75, 3.05) is 0 Å². The van der Waals surface area contributed by atoms with Crippen LogP contribution in [0, 0.1) is 6.92 Å². The second kappa shape index (κ2) is 5.42. The summed E-state index contributed by atoms with van der Waals surface area (Å²) in [6.45, 7) is 4.27. The Kier molecular flexibility index (Phi) is 4.16. The average molecular weight is 196 g/mol. The molecule has 4 heteroatoms. The minimum atomic E-state index is 0.0581. The smallest absolute Gasteiger partial charge is 0.220 e. The summed E-state index contributed by atoms with van der Waals surface area (Å²) in [4.78, 5) is 15.2. The third-order valence-corrected chi connectivity index (χ3v) is 1.86. The highest BCUT2D eigenvalue weighted by molar-refractivity contribution is 5.75. The number of oxazole rings is 1. The van der Waals surface area contributed by atoms with Crippen molar-refractivity contribution in [2.24, 2.45) is 0 Å². The highest BCUT2D eigenvalue weighted by atomic mass is 16.4. The van der Waals surface area contributed by atoms with Crippen molar-refractivity contribution in [3.05, 3.63) is 17.8 Å². The number of rotatable bonds is 5. The fourth-order valence-corrected chi connectivity index (χ4v) is 1.08. The molecule has 0 spiro atoms. The van der Waals surface area contributed by atoms with E-state index in [2.05, 4.69) is 17.2 Å². The molecule has 0 aromatic carbocycles. The fourth-order valence-electron chi connectivity index (χ4n) is 1.08. The number of hydrogen-bond donors (Lipinski definition) is 1. The van der Waals surface area contributed by atoms with Gasteiger partial charge in [0.2, 0.25) is 11.8 Å². The Bertz CT molecular complexity index is 294. The van der Waals surface area contributed by atoms with E-state index in [4.69, 9.17) is 4.42 Å². The molecule has 1 aromatic rings. The fraction of sp³-hybridized carbons (Fsp3) is 0.600. The largest absolute Gasteiger partial charge is 0.444 e. The summed E-state index contributed by atoms with van der Waals surface area (Å²) in [5, 5.41) is 2.75. The lowest BCUT2D eigenvalue weighted by molar-refractivity contribution is -0.121.